The van der Waals surface area contributed by atoms with Crippen molar-refractivity contribution in [2.75, 3.05) is 6.54 Å². The predicted octanol–water partition coefficient (Wildman–Crippen LogP) is -0.179. The summed E-state index contributed by atoms with van der Waals surface area (Å²) in [4.78, 5) is 37.1. The Labute approximate surface area is 129 Å². The van der Waals surface area contributed by atoms with Crippen LogP contribution in [-0.2, 0) is 11.3 Å². The van der Waals surface area contributed by atoms with Crippen LogP contribution in [0.1, 0.15) is 13.8 Å². The summed E-state index contributed by atoms with van der Waals surface area (Å²) in [6.45, 7) is 3.43. The van der Waals surface area contributed by atoms with E-state index in [1.165, 1.54) is 16.0 Å². The molecule has 1 fully saturated rings. The van der Waals surface area contributed by atoms with Crippen LogP contribution in [0.5, 0.6) is 0 Å². The molecule has 0 atom stereocenters. The lowest BCUT2D eigenvalue weighted by atomic mass is 10.1. The normalized spacial score (nSPS) is 17.1. The number of aromatic nitrogens is 4. The molecule has 2 aromatic heterocycles. The molecule has 1 N–H and O–H groups in total. The van der Waals surface area contributed by atoms with Crippen LogP contribution < -0.4 is 11.0 Å². The van der Waals surface area contributed by atoms with E-state index in [1.54, 1.807) is 26.0 Å². The fraction of sp³-hybridized carbons (Fsp3) is 0.417. The van der Waals surface area contributed by atoms with Crippen LogP contribution in [0.2, 0.25) is 0 Å². The van der Waals surface area contributed by atoms with Gasteiger partial charge in [-0.15, -0.1) is 11.3 Å². The lowest BCUT2D eigenvalue weighted by molar-refractivity contribution is -0.130. The monoisotopic (exact) mass is 322 g/mol. The molecule has 3 heterocycles. The van der Waals surface area contributed by atoms with E-state index >= 15 is 0 Å². The fourth-order valence-corrected chi connectivity index (χ4v) is 2.83. The number of carbonyl (C=O) groups excluding carboxylic acids is 2. The van der Waals surface area contributed by atoms with E-state index in [0.717, 1.165) is 9.58 Å². The van der Waals surface area contributed by atoms with Gasteiger partial charge >= 0.3 is 11.7 Å². The third kappa shape index (κ3) is 2.30. The standard InChI is InChI=1S/C12H14N6O3S/c1-12(2)9(19)16(10(20)13-12)5-6-17-11(21)18(15-14-17)8-4-3-7-22-8/h3-4,7H,5-6H2,1-2H3,(H,13,20). The number of nitrogens with zero attached hydrogens (tertiary/aromatic N) is 5. The minimum atomic E-state index is -0.920. The molecule has 3 amide bonds. The second-order valence-corrected chi connectivity index (χ2v) is 6.29. The lowest BCUT2D eigenvalue weighted by Gasteiger charge is -2.15. The number of nitrogens with one attached hydrogen (secondary N) is 1. The van der Waals surface area contributed by atoms with Crippen LogP contribution in [0.15, 0.2) is 22.3 Å². The van der Waals surface area contributed by atoms with E-state index in [0.29, 0.717) is 5.00 Å². The van der Waals surface area contributed by atoms with Crippen molar-refractivity contribution in [2.24, 2.45) is 0 Å². The van der Waals surface area contributed by atoms with Crippen molar-refractivity contribution in [1.82, 2.24) is 30.0 Å². The first-order chi connectivity index (χ1) is 10.4. The van der Waals surface area contributed by atoms with Gasteiger partial charge in [-0.1, -0.05) is 0 Å². The highest BCUT2D eigenvalue weighted by Gasteiger charge is 2.43. The van der Waals surface area contributed by atoms with E-state index in [2.05, 4.69) is 15.7 Å². The van der Waals surface area contributed by atoms with Crippen molar-refractivity contribution in [1.29, 1.82) is 0 Å². The smallest absolute Gasteiger partial charge is 0.324 e. The largest absolute Gasteiger partial charge is 0.369 e. The van der Waals surface area contributed by atoms with Gasteiger partial charge in [-0.25, -0.2) is 9.59 Å². The quantitative estimate of drug-likeness (QED) is 0.787. The highest BCUT2D eigenvalue weighted by molar-refractivity contribution is 7.12. The first-order valence-corrected chi connectivity index (χ1v) is 7.49. The molecule has 2 aromatic rings. The maximum absolute atomic E-state index is 12.2. The Kier molecular flexibility index (Phi) is 3.32. The number of amides is 3. The molecule has 22 heavy (non-hydrogen) atoms. The third-order valence-corrected chi connectivity index (χ3v) is 4.18. The number of hydrogen-bond acceptors (Lipinski definition) is 6. The Morgan fingerprint density at radius 3 is 2.59 bits per heavy atom. The first-order valence-electron chi connectivity index (χ1n) is 6.61. The molecular weight excluding hydrogens is 308 g/mol. The maximum atomic E-state index is 12.2. The molecule has 0 unspecified atom stereocenters. The summed E-state index contributed by atoms with van der Waals surface area (Å²) in [5, 5.41) is 12.6. The van der Waals surface area contributed by atoms with E-state index < -0.39 is 17.3 Å². The van der Waals surface area contributed by atoms with Gasteiger partial charge in [0.25, 0.3) is 5.91 Å². The van der Waals surface area contributed by atoms with Gasteiger partial charge in [0.05, 0.1) is 13.1 Å². The van der Waals surface area contributed by atoms with Crippen molar-refractivity contribution in [3.05, 3.63) is 28.0 Å². The highest BCUT2D eigenvalue weighted by atomic mass is 32.1. The number of thiophene rings is 1. The zero-order chi connectivity index (χ0) is 15.9. The van der Waals surface area contributed by atoms with E-state index in [9.17, 15) is 14.4 Å². The minimum Gasteiger partial charge on any atom is -0.324 e. The average Bonchev–Trinajstić information content (AvgIpc) is 3.12. The topological polar surface area (TPSA) is 102 Å². The molecule has 10 heteroatoms. The Balaban J connectivity index is 1.75. The lowest BCUT2D eigenvalue weighted by Crippen LogP contribution is -2.41. The van der Waals surface area contributed by atoms with Crippen LogP contribution in [0.4, 0.5) is 4.79 Å². The highest BCUT2D eigenvalue weighted by Crippen LogP contribution is 2.16. The van der Waals surface area contributed by atoms with E-state index in [4.69, 9.17) is 0 Å². The van der Waals surface area contributed by atoms with Crippen LogP contribution in [-0.4, -0.2) is 48.7 Å². The molecule has 3 rings (SSSR count). The van der Waals surface area contributed by atoms with Crippen molar-refractivity contribution < 1.29 is 9.59 Å². The zero-order valence-electron chi connectivity index (χ0n) is 12.0. The third-order valence-electron chi connectivity index (χ3n) is 3.33. The Morgan fingerprint density at radius 2 is 2.00 bits per heavy atom. The Morgan fingerprint density at radius 1 is 1.23 bits per heavy atom. The summed E-state index contributed by atoms with van der Waals surface area (Å²) >= 11 is 1.37. The van der Waals surface area contributed by atoms with Gasteiger partial charge in [0.2, 0.25) is 0 Å². The minimum absolute atomic E-state index is 0.0666. The number of tetrazole rings is 1. The van der Waals surface area contributed by atoms with E-state index in [-0.39, 0.29) is 19.0 Å². The molecule has 0 aromatic carbocycles. The van der Waals surface area contributed by atoms with Crippen LogP contribution in [0.3, 0.4) is 0 Å². The summed E-state index contributed by atoms with van der Waals surface area (Å²) in [5.41, 5.74) is -1.33. The van der Waals surface area contributed by atoms with Gasteiger partial charge in [-0.05, 0) is 41.8 Å². The summed E-state index contributed by atoms with van der Waals surface area (Å²) in [6, 6.07) is 3.10. The Bertz CT molecular complexity index is 775. The molecule has 1 aliphatic heterocycles. The number of imide groups is 1. The van der Waals surface area contributed by atoms with Crippen LogP contribution in [0.25, 0.3) is 5.00 Å². The van der Waals surface area contributed by atoms with Crippen molar-refractivity contribution >= 4 is 23.3 Å². The van der Waals surface area contributed by atoms with Gasteiger partial charge in [-0.2, -0.15) is 9.36 Å². The molecule has 0 spiro atoms. The fourth-order valence-electron chi connectivity index (χ4n) is 2.16. The second kappa shape index (κ2) is 5.05. The molecule has 0 saturated carbocycles. The molecule has 0 aliphatic carbocycles. The Hall–Kier alpha value is -2.49. The van der Waals surface area contributed by atoms with Gasteiger partial charge < -0.3 is 5.32 Å². The molecule has 0 radical (unpaired) electrons. The van der Waals surface area contributed by atoms with Crippen molar-refractivity contribution in [3.63, 3.8) is 0 Å². The number of rotatable bonds is 4. The molecule has 1 saturated heterocycles. The van der Waals surface area contributed by atoms with Crippen LogP contribution >= 0.6 is 11.3 Å². The number of carbonyl (C=O) groups is 2. The van der Waals surface area contributed by atoms with E-state index in [1.807, 2.05) is 5.38 Å². The molecule has 0 bridgehead atoms. The summed E-state index contributed by atoms with van der Waals surface area (Å²) in [7, 11) is 0. The first kappa shape index (κ1) is 14.4. The van der Waals surface area contributed by atoms with Gasteiger partial charge in [-0.3, -0.25) is 9.69 Å². The zero-order valence-corrected chi connectivity index (χ0v) is 12.8. The van der Waals surface area contributed by atoms with Gasteiger partial charge in [0.1, 0.15) is 10.5 Å². The van der Waals surface area contributed by atoms with Crippen molar-refractivity contribution in [3.8, 4) is 5.00 Å². The summed E-state index contributed by atoms with van der Waals surface area (Å²) in [6.07, 6.45) is 0. The summed E-state index contributed by atoms with van der Waals surface area (Å²) < 4.78 is 2.31. The predicted molar refractivity (Wildman–Crippen MR) is 77.8 cm³/mol. The SMILES string of the molecule is CC1(C)NC(=O)N(CCn2nnn(-c3cccs3)c2=O)C1=O. The molecule has 9 nitrogen and oxygen atoms in total. The second-order valence-electron chi connectivity index (χ2n) is 5.36. The summed E-state index contributed by atoms with van der Waals surface area (Å²) in [5.74, 6) is -0.323. The van der Waals surface area contributed by atoms with Gasteiger partial charge in [0, 0.05) is 0 Å². The molecular formula is C12H14N6O3S. The molecule has 116 valence electrons. The number of urea groups is 1. The maximum Gasteiger partial charge on any atom is 0.369 e. The average molecular weight is 322 g/mol. The van der Waals surface area contributed by atoms with Crippen LogP contribution in [0, 0.1) is 0 Å². The molecule has 1 aliphatic rings. The number of hydrogen-bond donors (Lipinski definition) is 1. The van der Waals surface area contributed by atoms with Crippen molar-refractivity contribution in [2.45, 2.75) is 25.9 Å². The van der Waals surface area contributed by atoms with Gasteiger partial charge in [0.15, 0.2) is 0 Å².